The van der Waals surface area contributed by atoms with Gasteiger partial charge >= 0.3 is 6.18 Å². The number of benzene rings is 2. The molecule has 3 amide bonds. The monoisotopic (exact) mass is 448 g/mol. The molecule has 0 spiro atoms. The van der Waals surface area contributed by atoms with Gasteiger partial charge in [-0.05, 0) is 42.0 Å². The van der Waals surface area contributed by atoms with Gasteiger partial charge in [0.05, 0.1) is 16.9 Å². The molecule has 2 aromatic rings. The molecule has 1 heterocycles. The number of hydrogen-bond donors (Lipinski definition) is 1. The Morgan fingerprint density at radius 3 is 2.52 bits per heavy atom. The van der Waals surface area contributed by atoms with Crippen LogP contribution in [0.2, 0.25) is 0 Å². The van der Waals surface area contributed by atoms with Crippen LogP contribution >= 0.6 is 11.8 Å². The van der Waals surface area contributed by atoms with Crippen molar-refractivity contribution >= 4 is 34.9 Å². The van der Waals surface area contributed by atoms with Crippen molar-refractivity contribution in [2.24, 2.45) is 0 Å². The molecule has 0 atom stereocenters. The molecule has 5 nitrogen and oxygen atoms in total. The minimum Gasteiger partial charge on any atom is -0.354 e. The van der Waals surface area contributed by atoms with Gasteiger partial charge in [0.25, 0.3) is 11.1 Å². The number of carbonyl (C=O) groups is 3. The zero-order valence-corrected chi connectivity index (χ0v) is 17.3. The van der Waals surface area contributed by atoms with E-state index in [2.05, 4.69) is 5.32 Å². The van der Waals surface area contributed by atoms with E-state index in [-0.39, 0.29) is 25.1 Å². The molecule has 0 unspecified atom stereocenters. The maximum absolute atomic E-state index is 12.8. The molecule has 2 aromatic carbocycles. The summed E-state index contributed by atoms with van der Waals surface area (Å²) in [6, 6.07) is 12.0. The number of hydrogen-bond acceptors (Lipinski definition) is 4. The van der Waals surface area contributed by atoms with Gasteiger partial charge in [0.2, 0.25) is 5.91 Å². The third kappa shape index (κ3) is 5.97. The van der Waals surface area contributed by atoms with Crippen molar-refractivity contribution in [3.63, 3.8) is 0 Å². The van der Waals surface area contributed by atoms with E-state index in [1.807, 2.05) is 31.2 Å². The molecule has 0 saturated carbocycles. The third-order valence-electron chi connectivity index (χ3n) is 4.53. The first kappa shape index (κ1) is 22.6. The van der Waals surface area contributed by atoms with Crippen molar-refractivity contribution in [1.29, 1.82) is 0 Å². The summed E-state index contributed by atoms with van der Waals surface area (Å²) < 4.78 is 38.3. The molecular weight excluding hydrogens is 429 g/mol. The van der Waals surface area contributed by atoms with Crippen LogP contribution in [0.5, 0.6) is 0 Å². The largest absolute Gasteiger partial charge is 0.416 e. The van der Waals surface area contributed by atoms with Gasteiger partial charge in [0.15, 0.2) is 0 Å². The van der Waals surface area contributed by atoms with Crippen molar-refractivity contribution in [2.75, 3.05) is 13.1 Å². The molecule has 0 aromatic heterocycles. The highest BCUT2D eigenvalue weighted by atomic mass is 32.2. The van der Waals surface area contributed by atoms with Crippen LogP contribution in [0.3, 0.4) is 0 Å². The number of alkyl halides is 3. The smallest absolute Gasteiger partial charge is 0.354 e. The summed E-state index contributed by atoms with van der Waals surface area (Å²) in [6.07, 6.45) is -3.08. The summed E-state index contributed by atoms with van der Waals surface area (Å²) in [7, 11) is 0. The second-order valence-electron chi connectivity index (χ2n) is 6.97. The second kappa shape index (κ2) is 9.38. The van der Waals surface area contributed by atoms with E-state index in [0.29, 0.717) is 4.91 Å². The van der Waals surface area contributed by atoms with E-state index in [1.54, 1.807) is 6.08 Å². The van der Waals surface area contributed by atoms with Crippen molar-refractivity contribution in [3.8, 4) is 0 Å². The lowest BCUT2D eigenvalue weighted by molar-refractivity contribution is -0.137. The number of aryl methyl sites for hydroxylation is 1. The van der Waals surface area contributed by atoms with Crippen LogP contribution in [0.4, 0.5) is 18.0 Å². The summed E-state index contributed by atoms with van der Waals surface area (Å²) >= 11 is 0.825. The van der Waals surface area contributed by atoms with E-state index in [4.69, 9.17) is 0 Å². The number of thioether (sulfide) groups is 1. The molecule has 1 saturated heterocycles. The average Bonchev–Trinajstić information content (AvgIpc) is 2.96. The number of amides is 3. The zero-order valence-electron chi connectivity index (χ0n) is 16.5. The fourth-order valence-electron chi connectivity index (χ4n) is 2.92. The minimum atomic E-state index is -4.48. The lowest BCUT2D eigenvalue weighted by Crippen LogP contribution is -2.37. The Hall–Kier alpha value is -3.07. The number of nitrogens with one attached hydrogen (secondary N) is 1. The Morgan fingerprint density at radius 2 is 1.84 bits per heavy atom. The standard InChI is InChI=1S/C22H19F3N2O3S/c1-14-5-7-15(8-6-14)12-18-20(29)27(21(30)31-18)10-9-26-19(28)13-16-3-2-4-17(11-16)22(23,24)25/h2-8,11-12H,9-10,13H2,1H3,(H,26,28). The molecule has 31 heavy (non-hydrogen) atoms. The van der Waals surface area contributed by atoms with Gasteiger partial charge < -0.3 is 5.32 Å². The topological polar surface area (TPSA) is 66.5 Å². The van der Waals surface area contributed by atoms with Crippen LogP contribution in [0.25, 0.3) is 6.08 Å². The Morgan fingerprint density at radius 1 is 1.13 bits per heavy atom. The molecule has 1 aliphatic rings. The van der Waals surface area contributed by atoms with Gasteiger partial charge in [-0.3, -0.25) is 19.3 Å². The first-order valence-corrected chi connectivity index (χ1v) is 10.2. The van der Waals surface area contributed by atoms with Gasteiger partial charge in [-0.1, -0.05) is 48.0 Å². The summed E-state index contributed by atoms with van der Waals surface area (Å²) in [5.74, 6) is -0.941. The maximum atomic E-state index is 12.8. The van der Waals surface area contributed by atoms with Crippen LogP contribution in [-0.2, 0) is 22.2 Å². The first-order chi connectivity index (χ1) is 14.6. The quantitative estimate of drug-likeness (QED) is 0.665. The molecule has 1 N–H and O–H groups in total. The zero-order chi connectivity index (χ0) is 22.6. The predicted molar refractivity (Wildman–Crippen MR) is 112 cm³/mol. The Balaban J connectivity index is 1.53. The minimum absolute atomic E-state index is 0.00759. The molecule has 162 valence electrons. The van der Waals surface area contributed by atoms with Crippen molar-refractivity contribution < 1.29 is 27.6 Å². The molecule has 9 heteroatoms. The Bertz CT molecular complexity index is 1030. The van der Waals surface area contributed by atoms with Crippen molar-refractivity contribution in [2.45, 2.75) is 19.5 Å². The highest BCUT2D eigenvalue weighted by Gasteiger charge is 2.34. The SMILES string of the molecule is Cc1ccc(C=C2SC(=O)N(CCNC(=O)Cc3cccc(C(F)(F)F)c3)C2=O)cc1. The number of rotatable bonds is 6. The molecule has 0 bridgehead atoms. The molecule has 1 aliphatic heterocycles. The highest BCUT2D eigenvalue weighted by Crippen LogP contribution is 2.32. The number of carbonyl (C=O) groups excluding carboxylic acids is 3. The van der Waals surface area contributed by atoms with Gasteiger partial charge in [-0.25, -0.2) is 0 Å². The molecule has 3 rings (SSSR count). The van der Waals surface area contributed by atoms with E-state index in [1.165, 1.54) is 12.1 Å². The van der Waals surface area contributed by atoms with E-state index < -0.39 is 28.8 Å². The van der Waals surface area contributed by atoms with Crippen molar-refractivity contribution in [1.82, 2.24) is 10.2 Å². The average molecular weight is 448 g/mol. The van der Waals surface area contributed by atoms with Crippen LogP contribution in [0, 0.1) is 6.92 Å². The second-order valence-corrected chi connectivity index (χ2v) is 7.96. The van der Waals surface area contributed by atoms with Crippen LogP contribution in [-0.4, -0.2) is 35.0 Å². The summed E-state index contributed by atoms with van der Waals surface area (Å²) in [6.45, 7) is 1.93. The fraction of sp³-hybridized carbons (Fsp3) is 0.227. The van der Waals surface area contributed by atoms with Crippen LogP contribution < -0.4 is 5.32 Å². The normalized spacial score (nSPS) is 15.6. The van der Waals surface area contributed by atoms with Crippen LogP contribution in [0.1, 0.15) is 22.3 Å². The van der Waals surface area contributed by atoms with E-state index in [0.717, 1.165) is 39.9 Å². The maximum Gasteiger partial charge on any atom is 0.416 e. The first-order valence-electron chi connectivity index (χ1n) is 9.38. The summed E-state index contributed by atoms with van der Waals surface area (Å²) in [4.78, 5) is 38.0. The van der Waals surface area contributed by atoms with E-state index in [9.17, 15) is 27.6 Å². The molecular formula is C22H19F3N2O3S. The van der Waals surface area contributed by atoms with E-state index >= 15 is 0 Å². The Labute approximate surface area is 181 Å². The number of halogens is 3. The van der Waals surface area contributed by atoms with Gasteiger partial charge in [0.1, 0.15) is 0 Å². The lowest BCUT2D eigenvalue weighted by atomic mass is 10.1. The van der Waals surface area contributed by atoms with Gasteiger partial charge in [-0.2, -0.15) is 13.2 Å². The van der Waals surface area contributed by atoms with Crippen LogP contribution in [0.15, 0.2) is 53.4 Å². The summed E-state index contributed by atoms with van der Waals surface area (Å²) in [5.41, 5.74) is 1.27. The third-order valence-corrected chi connectivity index (χ3v) is 5.43. The van der Waals surface area contributed by atoms with Gasteiger partial charge in [0, 0.05) is 13.1 Å². The van der Waals surface area contributed by atoms with Gasteiger partial charge in [-0.15, -0.1) is 0 Å². The molecule has 1 fully saturated rings. The lowest BCUT2D eigenvalue weighted by Gasteiger charge is -2.13. The fourth-order valence-corrected chi connectivity index (χ4v) is 3.78. The number of nitrogens with zero attached hydrogens (tertiary/aromatic N) is 1. The molecule has 0 aliphatic carbocycles. The molecule has 0 radical (unpaired) electrons. The Kier molecular flexibility index (Phi) is 6.84. The predicted octanol–water partition coefficient (Wildman–Crippen LogP) is 4.41. The number of imide groups is 1. The highest BCUT2D eigenvalue weighted by molar-refractivity contribution is 8.18. The summed E-state index contributed by atoms with van der Waals surface area (Å²) in [5, 5.41) is 2.10. The van der Waals surface area contributed by atoms with Crippen molar-refractivity contribution in [3.05, 3.63) is 75.7 Å².